The number of rotatable bonds is 5. The molecule has 0 aliphatic carbocycles. The first-order valence-corrected chi connectivity index (χ1v) is 6.94. The second kappa shape index (κ2) is 6.34. The van der Waals surface area contributed by atoms with Gasteiger partial charge >= 0.3 is 0 Å². The third-order valence-electron chi connectivity index (χ3n) is 2.84. The summed E-state index contributed by atoms with van der Waals surface area (Å²) in [7, 11) is 0. The molecule has 0 heterocycles. The van der Waals surface area contributed by atoms with Crippen LogP contribution in [0.1, 0.15) is 37.6 Å². The zero-order valence-corrected chi connectivity index (χ0v) is 12.8. The van der Waals surface area contributed by atoms with E-state index in [-0.39, 0.29) is 11.4 Å². The third-order valence-corrected chi connectivity index (χ3v) is 3.53. The average molecular weight is 313 g/mol. The fourth-order valence-electron chi connectivity index (χ4n) is 2.07. The molecule has 1 unspecified atom stereocenters. The summed E-state index contributed by atoms with van der Waals surface area (Å²) >= 11 is 3.39. The number of nitrogens with one attached hydrogen (secondary N) is 1. The summed E-state index contributed by atoms with van der Waals surface area (Å²) in [6.45, 7) is 6.67. The Balaban J connectivity index is 2.83. The van der Waals surface area contributed by atoms with Gasteiger partial charge in [-0.3, -0.25) is 4.79 Å². The van der Waals surface area contributed by atoms with Crippen molar-refractivity contribution in [3.05, 3.63) is 34.3 Å². The highest BCUT2D eigenvalue weighted by Crippen LogP contribution is 2.19. The summed E-state index contributed by atoms with van der Waals surface area (Å²) in [5.41, 5.74) is 6.07. The maximum absolute atomic E-state index is 12.2. The molecule has 0 aliphatic heterocycles. The van der Waals surface area contributed by atoms with Gasteiger partial charge in [-0.05, 0) is 47.3 Å². The van der Waals surface area contributed by atoms with Gasteiger partial charge in [0.25, 0.3) is 5.91 Å². The van der Waals surface area contributed by atoms with E-state index in [0.717, 1.165) is 10.9 Å². The highest BCUT2D eigenvalue weighted by molar-refractivity contribution is 9.10. The fraction of sp³-hybridized carbons (Fsp3) is 0.500. The van der Waals surface area contributed by atoms with E-state index in [1.165, 1.54) is 0 Å². The lowest BCUT2D eigenvalue weighted by Crippen LogP contribution is -2.52. The number of carbonyl (C=O) groups is 1. The molecule has 0 aromatic heterocycles. The molecule has 1 rings (SSSR count). The van der Waals surface area contributed by atoms with E-state index in [0.29, 0.717) is 18.0 Å². The maximum atomic E-state index is 12.2. The summed E-state index contributed by atoms with van der Waals surface area (Å²) < 4.78 is 0.798. The Morgan fingerprint density at radius 1 is 1.44 bits per heavy atom. The van der Waals surface area contributed by atoms with Gasteiger partial charge in [-0.2, -0.15) is 0 Å². The molecule has 0 fully saturated rings. The van der Waals surface area contributed by atoms with Gasteiger partial charge < -0.3 is 11.1 Å². The predicted octanol–water partition coefficient (Wildman–Crippen LogP) is 2.94. The third kappa shape index (κ3) is 4.10. The van der Waals surface area contributed by atoms with Crippen molar-refractivity contribution in [1.29, 1.82) is 0 Å². The van der Waals surface area contributed by atoms with Crippen molar-refractivity contribution < 1.29 is 4.79 Å². The molecular weight excluding hydrogens is 292 g/mol. The topological polar surface area (TPSA) is 55.1 Å². The maximum Gasteiger partial charge on any atom is 0.252 e. The summed E-state index contributed by atoms with van der Waals surface area (Å²) in [5, 5.41) is 3.04. The van der Waals surface area contributed by atoms with Gasteiger partial charge in [-0.1, -0.05) is 26.0 Å². The van der Waals surface area contributed by atoms with Crippen LogP contribution in [0.3, 0.4) is 0 Å². The fourth-order valence-corrected chi connectivity index (χ4v) is 2.54. The minimum atomic E-state index is -0.361. The van der Waals surface area contributed by atoms with Crippen LogP contribution in [0.15, 0.2) is 28.7 Å². The number of benzene rings is 1. The van der Waals surface area contributed by atoms with Crippen LogP contribution >= 0.6 is 15.9 Å². The van der Waals surface area contributed by atoms with Crippen LogP contribution in [0.4, 0.5) is 0 Å². The van der Waals surface area contributed by atoms with Crippen LogP contribution in [0.5, 0.6) is 0 Å². The van der Waals surface area contributed by atoms with Gasteiger partial charge in [0.2, 0.25) is 0 Å². The number of hydrogen-bond donors (Lipinski definition) is 2. The van der Waals surface area contributed by atoms with E-state index in [1.54, 1.807) is 6.07 Å². The molecule has 3 nitrogen and oxygen atoms in total. The zero-order chi connectivity index (χ0) is 13.8. The average Bonchev–Trinajstić information content (AvgIpc) is 2.28. The van der Waals surface area contributed by atoms with Crippen molar-refractivity contribution in [3.8, 4) is 0 Å². The van der Waals surface area contributed by atoms with Crippen LogP contribution in [0, 0.1) is 5.92 Å². The van der Waals surface area contributed by atoms with E-state index in [9.17, 15) is 4.79 Å². The molecule has 1 aromatic carbocycles. The van der Waals surface area contributed by atoms with E-state index < -0.39 is 0 Å². The standard InChI is InChI=1S/C14H21BrN2O/c1-10(2)8-14(3,9-16)17-13(18)11-6-4-5-7-12(11)15/h4-7,10H,8-9,16H2,1-3H3,(H,17,18). The second-order valence-corrected chi connectivity index (χ2v) is 6.15. The van der Waals surface area contributed by atoms with Gasteiger partial charge in [0, 0.05) is 16.6 Å². The van der Waals surface area contributed by atoms with Crippen LogP contribution in [-0.2, 0) is 0 Å². The lowest BCUT2D eigenvalue weighted by molar-refractivity contribution is 0.0897. The second-order valence-electron chi connectivity index (χ2n) is 5.30. The number of hydrogen-bond acceptors (Lipinski definition) is 2. The Morgan fingerprint density at radius 2 is 2.06 bits per heavy atom. The Kier molecular flexibility index (Phi) is 5.35. The molecular formula is C14H21BrN2O. The Hall–Kier alpha value is -0.870. The van der Waals surface area contributed by atoms with Crippen molar-refractivity contribution in [3.63, 3.8) is 0 Å². The molecule has 1 amide bonds. The van der Waals surface area contributed by atoms with Gasteiger partial charge in [0.1, 0.15) is 0 Å². The van der Waals surface area contributed by atoms with Gasteiger partial charge in [0.15, 0.2) is 0 Å². The SMILES string of the molecule is CC(C)CC(C)(CN)NC(=O)c1ccccc1Br. The van der Waals surface area contributed by atoms with Gasteiger partial charge in [0.05, 0.1) is 5.56 Å². The van der Waals surface area contributed by atoms with Crippen LogP contribution in [-0.4, -0.2) is 18.0 Å². The minimum absolute atomic E-state index is 0.0870. The molecule has 0 saturated heterocycles. The largest absolute Gasteiger partial charge is 0.346 e. The van der Waals surface area contributed by atoms with Crippen molar-refractivity contribution in [2.45, 2.75) is 32.7 Å². The van der Waals surface area contributed by atoms with E-state index >= 15 is 0 Å². The molecule has 0 saturated carbocycles. The Morgan fingerprint density at radius 3 is 2.56 bits per heavy atom. The van der Waals surface area contributed by atoms with Gasteiger partial charge in [-0.15, -0.1) is 0 Å². The number of halogens is 1. The molecule has 18 heavy (non-hydrogen) atoms. The summed E-state index contributed by atoms with van der Waals surface area (Å²) in [6, 6.07) is 7.39. The summed E-state index contributed by atoms with van der Waals surface area (Å²) in [6.07, 6.45) is 0.861. The first-order valence-electron chi connectivity index (χ1n) is 6.15. The van der Waals surface area contributed by atoms with E-state index in [2.05, 4.69) is 35.1 Å². The lowest BCUT2D eigenvalue weighted by Gasteiger charge is -2.31. The quantitative estimate of drug-likeness (QED) is 0.878. The highest BCUT2D eigenvalue weighted by atomic mass is 79.9. The zero-order valence-electron chi connectivity index (χ0n) is 11.2. The van der Waals surface area contributed by atoms with Crippen LogP contribution in [0.25, 0.3) is 0 Å². The predicted molar refractivity (Wildman–Crippen MR) is 78.5 cm³/mol. The minimum Gasteiger partial charge on any atom is -0.346 e. The Labute approximate surface area is 117 Å². The normalized spacial score (nSPS) is 14.3. The smallest absolute Gasteiger partial charge is 0.252 e. The number of amides is 1. The van der Waals surface area contributed by atoms with Crippen LogP contribution in [0.2, 0.25) is 0 Å². The molecule has 1 atom stereocenters. The van der Waals surface area contributed by atoms with E-state index in [1.807, 2.05) is 25.1 Å². The molecule has 3 N–H and O–H groups in total. The number of nitrogens with two attached hydrogens (primary N) is 1. The van der Waals surface area contributed by atoms with Crippen molar-refractivity contribution in [2.24, 2.45) is 11.7 Å². The molecule has 4 heteroatoms. The van der Waals surface area contributed by atoms with Gasteiger partial charge in [-0.25, -0.2) is 0 Å². The molecule has 100 valence electrons. The lowest BCUT2D eigenvalue weighted by atomic mass is 9.90. The van der Waals surface area contributed by atoms with E-state index in [4.69, 9.17) is 5.73 Å². The highest BCUT2D eigenvalue weighted by Gasteiger charge is 2.26. The molecule has 0 spiro atoms. The molecule has 1 aromatic rings. The molecule has 0 aliphatic rings. The van der Waals surface area contributed by atoms with Crippen molar-refractivity contribution >= 4 is 21.8 Å². The van der Waals surface area contributed by atoms with Crippen molar-refractivity contribution in [2.75, 3.05) is 6.54 Å². The molecule has 0 radical (unpaired) electrons. The first kappa shape index (κ1) is 15.2. The first-order chi connectivity index (χ1) is 8.38. The number of carbonyl (C=O) groups excluding carboxylic acids is 1. The summed E-state index contributed by atoms with van der Waals surface area (Å²) in [5.74, 6) is 0.397. The monoisotopic (exact) mass is 312 g/mol. The van der Waals surface area contributed by atoms with Crippen LogP contribution < -0.4 is 11.1 Å². The summed E-state index contributed by atoms with van der Waals surface area (Å²) in [4.78, 5) is 12.2. The Bertz CT molecular complexity index is 420. The van der Waals surface area contributed by atoms with Crippen molar-refractivity contribution in [1.82, 2.24) is 5.32 Å². The molecule has 0 bridgehead atoms.